The van der Waals surface area contributed by atoms with E-state index in [0.717, 1.165) is 40.7 Å². The molecule has 0 aliphatic heterocycles. The lowest BCUT2D eigenvalue weighted by Gasteiger charge is -2.21. The Kier molecular flexibility index (Phi) is 5.85. The molecule has 0 unspecified atom stereocenters. The summed E-state index contributed by atoms with van der Waals surface area (Å²) >= 11 is 6.04. The minimum Gasteiger partial charge on any atom is -0.278 e. The van der Waals surface area contributed by atoms with Crippen LogP contribution in [0.5, 0.6) is 0 Å². The van der Waals surface area contributed by atoms with E-state index in [9.17, 15) is 26.7 Å². The minimum absolute atomic E-state index is 0.00255. The van der Waals surface area contributed by atoms with Gasteiger partial charge in [-0.1, -0.05) is 11.8 Å². The smallest absolute Gasteiger partial charge is 0.278 e. The highest BCUT2D eigenvalue weighted by atomic mass is 35.5. The molecule has 4 nitrogen and oxygen atoms in total. The number of nitrogens with zero attached hydrogens (tertiary/aromatic N) is 3. The second-order valence-electron chi connectivity index (χ2n) is 5.75. The average molecular weight is 448 g/mol. The van der Waals surface area contributed by atoms with Crippen molar-refractivity contribution in [3.05, 3.63) is 65.6 Å². The van der Waals surface area contributed by atoms with E-state index in [1.54, 1.807) is 0 Å². The zero-order valence-corrected chi connectivity index (χ0v) is 16.1. The number of aromatic nitrogens is 2. The van der Waals surface area contributed by atoms with Crippen LogP contribution < -0.4 is 4.90 Å². The van der Waals surface area contributed by atoms with Gasteiger partial charge in [0.1, 0.15) is 28.2 Å². The maximum Gasteiger partial charge on any atom is 0.368 e. The fraction of sp³-hybridized carbons (Fsp3) is 0.111. The summed E-state index contributed by atoms with van der Waals surface area (Å²) in [6.45, 7) is 0. The first kappa shape index (κ1) is 21.1. The molecule has 3 rings (SSSR count). The first-order valence-corrected chi connectivity index (χ1v) is 9.08. The molecule has 0 bridgehead atoms. The Morgan fingerprint density at radius 3 is 2.28 bits per heavy atom. The van der Waals surface area contributed by atoms with Crippen LogP contribution in [0.1, 0.15) is 5.69 Å². The summed E-state index contributed by atoms with van der Waals surface area (Å²) < 4.78 is 69.7. The summed E-state index contributed by atoms with van der Waals surface area (Å²) in [5.74, 6) is -2.56. The molecule has 29 heavy (non-hydrogen) atoms. The van der Waals surface area contributed by atoms with Crippen molar-refractivity contribution in [3.8, 4) is 0 Å². The van der Waals surface area contributed by atoms with E-state index in [1.807, 2.05) is 0 Å². The summed E-state index contributed by atoms with van der Waals surface area (Å²) in [6, 6.07) is 7.40. The summed E-state index contributed by atoms with van der Waals surface area (Å²) in [5.41, 5.74) is -1.96. The lowest BCUT2D eigenvalue weighted by atomic mass is 10.2. The molecule has 0 radical (unpaired) electrons. The second-order valence-corrected chi connectivity index (χ2v) is 7.29. The van der Waals surface area contributed by atoms with E-state index in [0.29, 0.717) is 15.9 Å². The van der Waals surface area contributed by atoms with Gasteiger partial charge in [0.25, 0.3) is 0 Å². The van der Waals surface area contributed by atoms with Crippen LogP contribution in [0.25, 0.3) is 0 Å². The molecule has 0 spiro atoms. The van der Waals surface area contributed by atoms with Crippen LogP contribution in [-0.2, 0) is 17.2 Å². The van der Waals surface area contributed by atoms with Crippen molar-refractivity contribution >= 4 is 41.1 Å². The summed E-state index contributed by atoms with van der Waals surface area (Å²) in [6.07, 6.45) is 0.0915. The number of benzene rings is 2. The van der Waals surface area contributed by atoms with Crippen LogP contribution >= 0.6 is 23.4 Å². The van der Waals surface area contributed by atoms with Gasteiger partial charge in [0.2, 0.25) is 6.41 Å². The van der Waals surface area contributed by atoms with E-state index >= 15 is 0 Å². The van der Waals surface area contributed by atoms with E-state index < -0.39 is 39.9 Å². The Balaban J connectivity index is 2.20. The third kappa shape index (κ3) is 4.38. The molecule has 0 fully saturated rings. The zero-order chi connectivity index (χ0) is 21.3. The van der Waals surface area contributed by atoms with Crippen molar-refractivity contribution in [1.29, 1.82) is 0 Å². The fourth-order valence-corrected chi connectivity index (χ4v) is 3.63. The third-order valence-corrected chi connectivity index (χ3v) is 5.12. The number of hydrogen-bond donors (Lipinski definition) is 0. The highest BCUT2D eigenvalue weighted by Crippen LogP contribution is 2.46. The van der Waals surface area contributed by atoms with Crippen molar-refractivity contribution in [1.82, 2.24) is 9.78 Å². The van der Waals surface area contributed by atoms with E-state index in [-0.39, 0.29) is 11.4 Å². The Morgan fingerprint density at radius 1 is 1.10 bits per heavy atom. The van der Waals surface area contributed by atoms with Crippen LogP contribution in [0.2, 0.25) is 0 Å². The molecule has 0 saturated carbocycles. The zero-order valence-electron chi connectivity index (χ0n) is 14.5. The summed E-state index contributed by atoms with van der Waals surface area (Å²) in [4.78, 5) is 12.8. The van der Waals surface area contributed by atoms with Crippen LogP contribution in [0.3, 0.4) is 0 Å². The van der Waals surface area contributed by atoms with Gasteiger partial charge in [0.05, 0.1) is 5.69 Å². The predicted octanol–water partition coefficient (Wildman–Crippen LogP) is 5.57. The number of anilines is 2. The molecule has 0 atom stereocenters. The molecule has 0 aliphatic rings. The number of halogens is 6. The Hall–Kier alpha value is -2.59. The number of alkyl halides is 3. The molecule has 152 valence electrons. The lowest BCUT2D eigenvalue weighted by molar-refractivity contribution is -0.106. The minimum atomic E-state index is -3.99. The van der Waals surface area contributed by atoms with Crippen molar-refractivity contribution in [2.24, 2.45) is 7.05 Å². The standard InChI is InChI=1S/C18H11ClF5N3OS/c1-26-17(29-12-5-2-10(20)3-6-12)15(16(25-26)18(19,23)24)27(9-28)14-7-4-11(21)8-13(14)22/h2-9H,1H3. The van der Waals surface area contributed by atoms with E-state index in [4.69, 9.17) is 11.6 Å². The fourth-order valence-electron chi connectivity index (χ4n) is 2.54. The van der Waals surface area contributed by atoms with Crippen LogP contribution in [-0.4, -0.2) is 16.2 Å². The van der Waals surface area contributed by atoms with Crippen LogP contribution in [0, 0.1) is 17.5 Å². The maximum atomic E-state index is 14.3. The lowest BCUT2D eigenvalue weighted by Crippen LogP contribution is -2.20. The largest absolute Gasteiger partial charge is 0.368 e. The van der Waals surface area contributed by atoms with Crippen molar-refractivity contribution in [3.63, 3.8) is 0 Å². The molecule has 3 aromatic rings. The van der Waals surface area contributed by atoms with Crippen LogP contribution in [0.4, 0.5) is 33.3 Å². The van der Waals surface area contributed by atoms with Crippen molar-refractivity contribution < 1.29 is 26.7 Å². The number of rotatable bonds is 6. The molecular weight excluding hydrogens is 437 g/mol. The molecule has 0 aliphatic carbocycles. The van der Waals surface area contributed by atoms with Gasteiger partial charge in [-0.2, -0.15) is 13.9 Å². The Bertz CT molecular complexity index is 1050. The Morgan fingerprint density at radius 2 is 1.72 bits per heavy atom. The van der Waals surface area contributed by atoms with Gasteiger partial charge in [-0.25, -0.2) is 13.2 Å². The number of aryl methyl sites for hydroxylation is 1. The number of hydrogen-bond acceptors (Lipinski definition) is 3. The van der Waals surface area contributed by atoms with E-state index in [2.05, 4.69) is 5.10 Å². The molecule has 0 saturated heterocycles. The molecular formula is C18H11ClF5N3OS. The van der Waals surface area contributed by atoms with Crippen LogP contribution in [0.15, 0.2) is 52.4 Å². The maximum absolute atomic E-state index is 14.3. The number of carbonyl (C=O) groups excluding carboxylic acids is 1. The molecule has 0 N–H and O–H groups in total. The third-order valence-electron chi connectivity index (χ3n) is 3.78. The van der Waals surface area contributed by atoms with Gasteiger partial charge < -0.3 is 0 Å². The van der Waals surface area contributed by atoms with Gasteiger partial charge in [0.15, 0.2) is 5.69 Å². The summed E-state index contributed by atoms with van der Waals surface area (Å²) in [7, 11) is 1.32. The summed E-state index contributed by atoms with van der Waals surface area (Å²) in [5, 5.41) is -0.311. The van der Waals surface area contributed by atoms with Gasteiger partial charge in [-0.3, -0.25) is 14.4 Å². The highest BCUT2D eigenvalue weighted by Gasteiger charge is 2.40. The molecule has 1 amide bonds. The van der Waals surface area contributed by atoms with Gasteiger partial charge in [-0.15, -0.1) is 0 Å². The quantitative estimate of drug-likeness (QED) is 0.281. The molecule has 2 aromatic carbocycles. The SMILES string of the molecule is Cn1nc(C(F)(F)Cl)c(N(C=O)c2ccc(F)cc2F)c1Sc1ccc(F)cc1. The predicted molar refractivity (Wildman–Crippen MR) is 98.0 cm³/mol. The molecule has 1 heterocycles. The average Bonchev–Trinajstić information content (AvgIpc) is 2.96. The monoisotopic (exact) mass is 447 g/mol. The number of amides is 1. The van der Waals surface area contributed by atoms with Crippen molar-refractivity contribution in [2.75, 3.05) is 4.90 Å². The first-order valence-electron chi connectivity index (χ1n) is 7.89. The topological polar surface area (TPSA) is 38.1 Å². The molecule has 1 aromatic heterocycles. The van der Waals surface area contributed by atoms with Crippen molar-refractivity contribution in [2.45, 2.75) is 15.3 Å². The normalized spacial score (nSPS) is 11.6. The van der Waals surface area contributed by atoms with Gasteiger partial charge >= 0.3 is 5.38 Å². The van der Waals surface area contributed by atoms with Gasteiger partial charge in [0, 0.05) is 18.0 Å². The number of carbonyl (C=O) groups is 1. The second kappa shape index (κ2) is 8.03. The van der Waals surface area contributed by atoms with Gasteiger partial charge in [-0.05, 0) is 48.0 Å². The first-order chi connectivity index (χ1) is 13.6. The molecule has 11 heteroatoms. The van der Waals surface area contributed by atoms with E-state index in [1.165, 1.54) is 19.2 Å². The highest BCUT2D eigenvalue weighted by molar-refractivity contribution is 7.99. The Labute approximate surface area is 170 Å².